The standard InChI is InChI=1S/C25H27NO6/c1-14(2)22(24(28)29)26-21(27)13-31-20-11-10-18-15(3)19(12-17-8-6-5-7-9-17)25(30)32-23(18)16(20)4/h5-11,14,22H,12-13H2,1-4H3,(H,26,27)(H,28,29)/t22-/m1/s1. The summed E-state index contributed by atoms with van der Waals surface area (Å²) in [6.07, 6.45) is 0.475. The molecule has 2 N–H and O–H groups in total. The van der Waals surface area contributed by atoms with Gasteiger partial charge in [0.25, 0.3) is 5.91 Å². The quantitative estimate of drug-likeness (QED) is 0.522. The van der Waals surface area contributed by atoms with E-state index in [-0.39, 0.29) is 12.5 Å². The van der Waals surface area contributed by atoms with Crippen LogP contribution in [-0.2, 0) is 16.0 Å². The van der Waals surface area contributed by atoms with Crippen molar-refractivity contribution >= 4 is 22.8 Å². The molecule has 1 aromatic heterocycles. The van der Waals surface area contributed by atoms with Gasteiger partial charge in [-0.05, 0) is 43.0 Å². The number of aliphatic carboxylic acids is 1. The van der Waals surface area contributed by atoms with Crippen molar-refractivity contribution in [3.63, 3.8) is 0 Å². The van der Waals surface area contributed by atoms with E-state index in [9.17, 15) is 19.5 Å². The number of carbonyl (C=O) groups excluding carboxylic acids is 1. The number of carboxylic acid groups (broad SMARTS) is 1. The summed E-state index contributed by atoms with van der Waals surface area (Å²) in [5, 5.41) is 12.5. The second-order valence-corrected chi connectivity index (χ2v) is 8.14. The third-order valence-electron chi connectivity index (χ3n) is 5.49. The first kappa shape index (κ1) is 23.1. The minimum Gasteiger partial charge on any atom is -0.483 e. The second kappa shape index (κ2) is 9.68. The Bertz CT molecular complexity index is 1200. The summed E-state index contributed by atoms with van der Waals surface area (Å²) in [6.45, 7) is 6.72. The molecule has 168 valence electrons. The Kier molecular flexibility index (Phi) is 6.98. The van der Waals surface area contributed by atoms with Crippen LogP contribution in [0.15, 0.2) is 51.7 Å². The summed E-state index contributed by atoms with van der Waals surface area (Å²) in [6, 6.07) is 12.2. The normalized spacial score (nSPS) is 12.0. The highest BCUT2D eigenvalue weighted by molar-refractivity contribution is 5.87. The largest absolute Gasteiger partial charge is 0.483 e. The molecule has 2 aromatic carbocycles. The number of hydrogen-bond donors (Lipinski definition) is 2. The third kappa shape index (κ3) is 4.99. The zero-order valence-electron chi connectivity index (χ0n) is 18.6. The summed E-state index contributed by atoms with van der Waals surface area (Å²) < 4.78 is 11.2. The van der Waals surface area contributed by atoms with Gasteiger partial charge in [0.1, 0.15) is 17.4 Å². The van der Waals surface area contributed by atoms with E-state index >= 15 is 0 Å². The van der Waals surface area contributed by atoms with E-state index in [2.05, 4.69) is 5.32 Å². The van der Waals surface area contributed by atoms with Crippen LogP contribution < -0.4 is 15.7 Å². The maximum atomic E-state index is 12.7. The summed E-state index contributed by atoms with van der Waals surface area (Å²) in [5.41, 5.74) is 3.07. The first-order valence-electron chi connectivity index (χ1n) is 10.4. The van der Waals surface area contributed by atoms with Crippen LogP contribution in [0.3, 0.4) is 0 Å². The number of carboxylic acids is 1. The fraction of sp³-hybridized carbons (Fsp3) is 0.320. The summed E-state index contributed by atoms with van der Waals surface area (Å²) in [7, 11) is 0. The van der Waals surface area contributed by atoms with Gasteiger partial charge in [0.05, 0.1) is 0 Å². The van der Waals surface area contributed by atoms with Gasteiger partial charge >= 0.3 is 11.6 Å². The summed E-state index contributed by atoms with van der Waals surface area (Å²) in [4.78, 5) is 36.1. The van der Waals surface area contributed by atoms with Crippen LogP contribution in [0.2, 0.25) is 0 Å². The Morgan fingerprint density at radius 3 is 2.38 bits per heavy atom. The highest BCUT2D eigenvalue weighted by atomic mass is 16.5. The van der Waals surface area contributed by atoms with Crippen LogP contribution in [0, 0.1) is 19.8 Å². The third-order valence-corrected chi connectivity index (χ3v) is 5.49. The van der Waals surface area contributed by atoms with E-state index in [1.54, 1.807) is 32.9 Å². The molecule has 0 aliphatic heterocycles. The second-order valence-electron chi connectivity index (χ2n) is 8.14. The smallest absolute Gasteiger partial charge is 0.340 e. The molecule has 0 unspecified atom stereocenters. The van der Waals surface area contributed by atoms with Crippen molar-refractivity contribution < 1.29 is 23.8 Å². The number of benzene rings is 2. The SMILES string of the molecule is Cc1c(Cc2ccccc2)c(=O)oc2c(C)c(OCC(=O)N[C@@H](C(=O)O)C(C)C)ccc12. The Morgan fingerprint density at radius 2 is 1.75 bits per heavy atom. The summed E-state index contributed by atoms with van der Waals surface area (Å²) >= 11 is 0. The van der Waals surface area contributed by atoms with Crippen LogP contribution in [0.1, 0.15) is 36.1 Å². The fourth-order valence-corrected chi connectivity index (χ4v) is 3.60. The van der Waals surface area contributed by atoms with Crippen LogP contribution >= 0.6 is 0 Å². The van der Waals surface area contributed by atoms with Crippen molar-refractivity contribution in [3.8, 4) is 5.75 Å². The lowest BCUT2D eigenvalue weighted by Gasteiger charge is -2.18. The molecule has 1 amide bonds. The van der Waals surface area contributed by atoms with Gasteiger partial charge < -0.3 is 19.6 Å². The average molecular weight is 437 g/mol. The first-order valence-corrected chi connectivity index (χ1v) is 10.4. The number of fused-ring (bicyclic) bond motifs is 1. The van der Waals surface area contributed by atoms with Crippen molar-refractivity contribution in [1.29, 1.82) is 0 Å². The first-order chi connectivity index (χ1) is 15.2. The highest BCUT2D eigenvalue weighted by Gasteiger charge is 2.24. The zero-order valence-corrected chi connectivity index (χ0v) is 18.6. The molecule has 0 bridgehead atoms. The molecule has 0 saturated carbocycles. The molecule has 3 rings (SSSR count). The van der Waals surface area contributed by atoms with E-state index in [0.717, 1.165) is 16.5 Å². The summed E-state index contributed by atoms with van der Waals surface area (Å²) in [5.74, 6) is -1.51. The fourth-order valence-electron chi connectivity index (χ4n) is 3.60. The lowest BCUT2D eigenvalue weighted by Crippen LogP contribution is -2.46. The van der Waals surface area contributed by atoms with Crippen molar-refractivity contribution in [1.82, 2.24) is 5.32 Å². The van der Waals surface area contributed by atoms with Crippen molar-refractivity contribution in [2.24, 2.45) is 5.92 Å². The molecule has 7 heteroatoms. The zero-order chi connectivity index (χ0) is 23.4. The minimum atomic E-state index is -1.10. The van der Waals surface area contributed by atoms with E-state index in [4.69, 9.17) is 9.15 Å². The van der Waals surface area contributed by atoms with Gasteiger partial charge in [0, 0.05) is 22.9 Å². The van der Waals surface area contributed by atoms with Gasteiger partial charge in [-0.1, -0.05) is 44.2 Å². The lowest BCUT2D eigenvalue weighted by molar-refractivity contribution is -0.143. The number of nitrogens with one attached hydrogen (secondary N) is 1. The van der Waals surface area contributed by atoms with Crippen molar-refractivity contribution in [2.45, 2.75) is 40.2 Å². The molecule has 0 fully saturated rings. The number of aryl methyl sites for hydroxylation is 2. The molecule has 0 saturated heterocycles. The van der Waals surface area contributed by atoms with Crippen LogP contribution in [0.5, 0.6) is 5.75 Å². The molecule has 7 nitrogen and oxygen atoms in total. The van der Waals surface area contributed by atoms with Gasteiger partial charge in [0.2, 0.25) is 0 Å². The van der Waals surface area contributed by atoms with Gasteiger partial charge in [-0.25, -0.2) is 9.59 Å². The number of ether oxygens (including phenoxy) is 1. The van der Waals surface area contributed by atoms with Gasteiger partial charge in [0.15, 0.2) is 6.61 Å². The number of rotatable bonds is 8. The predicted octanol–water partition coefficient (Wildman–Crippen LogP) is 3.60. The molecule has 0 aliphatic carbocycles. The molecule has 0 spiro atoms. The molecule has 32 heavy (non-hydrogen) atoms. The Labute approximate surface area is 186 Å². The van der Waals surface area contributed by atoms with Gasteiger partial charge in [-0.3, -0.25) is 4.79 Å². The minimum absolute atomic E-state index is 0.263. The number of hydrogen-bond acceptors (Lipinski definition) is 5. The van der Waals surface area contributed by atoms with Crippen LogP contribution in [-0.4, -0.2) is 29.6 Å². The maximum absolute atomic E-state index is 12.7. The molecule has 1 atom stereocenters. The average Bonchev–Trinajstić information content (AvgIpc) is 2.75. The topological polar surface area (TPSA) is 106 Å². The molecule has 3 aromatic rings. The molecule has 1 heterocycles. The highest BCUT2D eigenvalue weighted by Crippen LogP contribution is 2.30. The van der Waals surface area contributed by atoms with Gasteiger partial charge in [-0.15, -0.1) is 0 Å². The van der Waals surface area contributed by atoms with E-state index in [1.165, 1.54) is 0 Å². The Morgan fingerprint density at radius 1 is 1.06 bits per heavy atom. The molecular weight excluding hydrogens is 410 g/mol. The Hall–Kier alpha value is -3.61. The van der Waals surface area contributed by atoms with E-state index in [1.807, 2.05) is 37.3 Å². The maximum Gasteiger partial charge on any atom is 0.340 e. The molecule has 0 aliphatic rings. The Balaban J connectivity index is 1.83. The van der Waals surface area contributed by atoms with Crippen LogP contribution in [0.25, 0.3) is 11.0 Å². The van der Waals surface area contributed by atoms with Crippen molar-refractivity contribution in [3.05, 3.63) is 75.1 Å². The number of amides is 1. The monoisotopic (exact) mass is 437 g/mol. The van der Waals surface area contributed by atoms with E-state index < -0.39 is 23.5 Å². The predicted molar refractivity (Wildman–Crippen MR) is 121 cm³/mol. The lowest BCUT2D eigenvalue weighted by atomic mass is 9.98. The van der Waals surface area contributed by atoms with Crippen molar-refractivity contribution in [2.75, 3.05) is 6.61 Å². The number of carbonyl (C=O) groups is 2. The van der Waals surface area contributed by atoms with E-state index in [0.29, 0.717) is 28.9 Å². The van der Waals surface area contributed by atoms with Gasteiger partial charge in [-0.2, -0.15) is 0 Å². The molecule has 0 radical (unpaired) electrons. The van der Waals surface area contributed by atoms with Crippen LogP contribution in [0.4, 0.5) is 0 Å². The molecular formula is C25H27NO6.